The summed E-state index contributed by atoms with van der Waals surface area (Å²) in [6.07, 6.45) is 3.23. The zero-order valence-electron chi connectivity index (χ0n) is 12.2. The van der Waals surface area contributed by atoms with Crippen molar-refractivity contribution in [3.63, 3.8) is 0 Å². The molecule has 0 heterocycles. The Balaban J connectivity index is 2.42. The molecular formula is C18H23N. The van der Waals surface area contributed by atoms with Crippen LogP contribution in [0.3, 0.4) is 0 Å². The predicted molar refractivity (Wildman–Crippen MR) is 84.3 cm³/mol. The molecule has 0 aliphatic carbocycles. The smallest absolute Gasteiger partial charge is 0.0449 e. The minimum Gasteiger partial charge on any atom is -0.355 e. The Morgan fingerprint density at radius 1 is 0.789 bits per heavy atom. The average Bonchev–Trinajstić information content (AvgIpc) is 2.48. The molecule has 0 radical (unpaired) electrons. The van der Waals surface area contributed by atoms with E-state index in [0.29, 0.717) is 0 Å². The van der Waals surface area contributed by atoms with E-state index in [9.17, 15) is 0 Å². The molecule has 0 atom stereocenters. The van der Waals surface area contributed by atoms with Gasteiger partial charge in [0.2, 0.25) is 0 Å². The highest BCUT2D eigenvalue weighted by Crippen LogP contribution is 2.28. The van der Waals surface area contributed by atoms with Crippen molar-refractivity contribution < 1.29 is 0 Å². The lowest BCUT2D eigenvalue weighted by Gasteiger charge is -2.17. The van der Waals surface area contributed by atoms with E-state index in [2.05, 4.69) is 62.5 Å². The Morgan fingerprint density at radius 3 is 1.84 bits per heavy atom. The van der Waals surface area contributed by atoms with Gasteiger partial charge in [-0.15, -0.1) is 0 Å². The molecule has 0 saturated heterocycles. The second kappa shape index (κ2) is 6.42. The number of rotatable bonds is 5. The van der Waals surface area contributed by atoms with Crippen molar-refractivity contribution in [3.8, 4) is 0 Å². The predicted octanol–water partition coefficient (Wildman–Crippen LogP) is 5.12. The van der Waals surface area contributed by atoms with Gasteiger partial charge in [-0.2, -0.15) is 0 Å². The molecule has 1 heteroatoms. The summed E-state index contributed by atoms with van der Waals surface area (Å²) >= 11 is 0. The lowest BCUT2D eigenvalue weighted by Crippen LogP contribution is -2.01. The fraction of sp³-hybridized carbons (Fsp3) is 0.333. The molecular weight excluding hydrogens is 230 g/mol. The molecule has 1 N–H and O–H groups in total. The van der Waals surface area contributed by atoms with E-state index >= 15 is 0 Å². The maximum absolute atomic E-state index is 3.59. The van der Waals surface area contributed by atoms with Crippen LogP contribution in [0.5, 0.6) is 0 Å². The molecule has 0 aliphatic rings. The largest absolute Gasteiger partial charge is 0.355 e. The summed E-state index contributed by atoms with van der Waals surface area (Å²) in [5, 5.41) is 3.59. The number of hydrogen-bond acceptors (Lipinski definition) is 1. The number of benzene rings is 2. The van der Waals surface area contributed by atoms with Crippen molar-refractivity contribution in [1.29, 1.82) is 0 Å². The van der Waals surface area contributed by atoms with E-state index < -0.39 is 0 Å². The van der Waals surface area contributed by atoms with Crippen molar-refractivity contribution in [2.45, 2.75) is 40.0 Å². The second-order valence-corrected chi connectivity index (χ2v) is 4.84. The van der Waals surface area contributed by atoms with E-state index in [1.54, 1.807) is 0 Å². The molecule has 100 valence electrons. The van der Waals surface area contributed by atoms with Gasteiger partial charge in [-0.1, -0.05) is 51.1 Å². The van der Waals surface area contributed by atoms with Crippen LogP contribution in [0.1, 0.15) is 37.5 Å². The van der Waals surface area contributed by atoms with Crippen molar-refractivity contribution in [1.82, 2.24) is 0 Å². The lowest BCUT2D eigenvalue weighted by molar-refractivity contribution is 1.05. The first-order chi connectivity index (χ1) is 9.28. The third-order valence-corrected chi connectivity index (χ3v) is 3.57. The Labute approximate surface area is 116 Å². The van der Waals surface area contributed by atoms with Gasteiger partial charge in [0.25, 0.3) is 0 Å². The average molecular weight is 253 g/mol. The Kier molecular flexibility index (Phi) is 4.62. The van der Waals surface area contributed by atoms with Crippen LogP contribution in [0.2, 0.25) is 0 Å². The molecule has 1 nitrogen and oxygen atoms in total. The van der Waals surface area contributed by atoms with Crippen LogP contribution in [0.15, 0.2) is 42.5 Å². The summed E-state index contributed by atoms with van der Waals surface area (Å²) in [6.45, 7) is 6.67. The van der Waals surface area contributed by atoms with Crippen LogP contribution in [0.4, 0.5) is 11.4 Å². The summed E-state index contributed by atoms with van der Waals surface area (Å²) in [6, 6.07) is 15.1. The van der Waals surface area contributed by atoms with Gasteiger partial charge in [-0.25, -0.2) is 0 Å². The van der Waals surface area contributed by atoms with Crippen LogP contribution < -0.4 is 5.32 Å². The van der Waals surface area contributed by atoms with E-state index in [1.807, 2.05) is 6.07 Å². The highest BCUT2D eigenvalue weighted by atomic mass is 14.9. The first kappa shape index (κ1) is 13.7. The SMILES string of the molecule is CCc1cc(CC)c(Nc2ccccc2)c(CC)c1. The summed E-state index contributed by atoms with van der Waals surface area (Å²) < 4.78 is 0. The van der Waals surface area contributed by atoms with Gasteiger partial charge in [0.15, 0.2) is 0 Å². The standard InChI is InChI=1S/C18H23N/c1-4-14-12-15(5-2)18(16(6-3)13-14)19-17-10-8-7-9-11-17/h7-13,19H,4-6H2,1-3H3. The van der Waals surface area contributed by atoms with Crippen LogP contribution in [-0.2, 0) is 19.3 Å². The van der Waals surface area contributed by atoms with Gasteiger partial charge in [-0.05, 0) is 48.1 Å². The van der Waals surface area contributed by atoms with Crippen LogP contribution in [0, 0.1) is 0 Å². The molecule has 0 aliphatic heterocycles. The molecule has 0 amide bonds. The van der Waals surface area contributed by atoms with E-state index in [4.69, 9.17) is 0 Å². The molecule has 2 aromatic carbocycles. The highest BCUT2D eigenvalue weighted by Gasteiger charge is 2.08. The molecule has 0 bridgehead atoms. The molecule has 2 aromatic rings. The summed E-state index contributed by atoms with van der Waals surface area (Å²) in [7, 11) is 0. The third kappa shape index (κ3) is 3.17. The fourth-order valence-electron chi connectivity index (χ4n) is 2.43. The highest BCUT2D eigenvalue weighted by molar-refractivity contribution is 5.67. The minimum absolute atomic E-state index is 1.07. The van der Waals surface area contributed by atoms with Crippen molar-refractivity contribution >= 4 is 11.4 Å². The van der Waals surface area contributed by atoms with Crippen molar-refractivity contribution in [2.75, 3.05) is 5.32 Å². The maximum Gasteiger partial charge on any atom is 0.0449 e. The summed E-state index contributed by atoms with van der Waals surface area (Å²) in [5.74, 6) is 0. The van der Waals surface area contributed by atoms with Crippen LogP contribution in [0.25, 0.3) is 0 Å². The van der Waals surface area contributed by atoms with Gasteiger partial charge in [0.1, 0.15) is 0 Å². The fourth-order valence-corrected chi connectivity index (χ4v) is 2.43. The van der Waals surface area contributed by atoms with Gasteiger partial charge < -0.3 is 5.32 Å². The minimum atomic E-state index is 1.07. The lowest BCUT2D eigenvalue weighted by atomic mass is 9.97. The van der Waals surface area contributed by atoms with Crippen molar-refractivity contribution in [2.24, 2.45) is 0 Å². The van der Waals surface area contributed by atoms with Gasteiger partial charge in [0, 0.05) is 11.4 Å². The normalized spacial score (nSPS) is 10.5. The molecule has 2 rings (SSSR count). The Bertz CT molecular complexity index is 504. The molecule has 19 heavy (non-hydrogen) atoms. The summed E-state index contributed by atoms with van der Waals surface area (Å²) in [4.78, 5) is 0. The zero-order valence-corrected chi connectivity index (χ0v) is 12.2. The Morgan fingerprint density at radius 2 is 1.37 bits per heavy atom. The van der Waals surface area contributed by atoms with Crippen LogP contribution in [-0.4, -0.2) is 0 Å². The van der Waals surface area contributed by atoms with Gasteiger partial charge in [0.05, 0.1) is 0 Å². The van der Waals surface area contributed by atoms with Crippen molar-refractivity contribution in [3.05, 3.63) is 59.2 Å². The summed E-state index contributed by atoms with van der Waals surface area (Å²) in [5.41, 5.74) is 6.73. The number of aryl methyl sites for hydroxylation is 3. The number of para-hydroxylation sites is 1. The first-order valence-corrected chi connectivity index (χ1v) is 7.25. The Hall–Kier alpha value is -1.76. The van der Waals surface area contributed by atoms with Gasteiger partial charge in [-0.3, -0.25) is 0 Å². The van der Waals surface area contributed by atoms with Gasteiger partial charge >= 0.3 is 0 Å². The molecule has 0 aromatic heterocycles. The first-order valence-electron chi connectivity index (χ1n) is 7.25. The molecule has 0 unspecified atom stereocenters. The van der Waals surface area contributed by atoms with E-state index in [0.717, 1.165) is 24.9 Å². The van der Waals surface area contributed by atoms with E-state index in [1.165, 1.54) is 22.4 Å². The molecule has 0 spiro atoms. The van der Waals surface area contributed by atoms with E-state index in [-0.39, 0.29) is 0 Å². The zero-order chi connectivity index (χ0) is 13.7. The number of anilines is 2. The topological polar surface area (TPSA) is 12.0 Å². The molecule has 0 saturated carbocycles. The number of nitrogens with one attached hydrogen (secondary N) is 1. The quantitative estimate of drug-likeness (QED) is 0.780. The maximum atomic E-state index is 3.59. The van der Waals surface area contributed by atoms with Crippen LogP contribution >= 0.6 is 0 Å². The number of hydrogen-bond donors (Lipinski definition) is 1. The third-order valence-electron chi connectivity index (χ3n) is 3.57. The monoisotopic (exact) mass is 253 g/mol. The molecule has 0 fully saturated rings. The second-order valence-electron chi connectivity index (χ2n) is 4.84.